The van der Waals surface area contributed by atoms with Gasteiger partial charge in [-0.15, -0.1) is 0 Å². The molecule has 0 fully saturated rings. The molecule has 154 valence electrons. The lowest BCUT2D eigenvalue weighted by Crippen LogP contribution is -2.31. The van der Waals surface area contributed by atoms with Crippen LogP contribution in [0, 0.1) is 6.92 Å². The first kappa shape index (κ1) is 21.7. The van der Waals surface area contributed by atoms with Crippen LogP contribution < -0.4 is 19.5 Å². The Morgan fingerprint density at radius 1 is 1.03 bits per heavy atom. The summed E-state index contributed by atoms with van der Waals surface area (Å²) in [6.45, 7) is 2.91. The normalized spacial score (nSPS) is 11.2. The number of ether oxygens (including phenoxy) is 4. The first-order chi connectivity index (χ1) is 13.9. The number of methoxy groups -OCH3 is 2. The zero-order chi connectivity index (χ0) is 21.4. The predicted molar refractivity (Wildman–Crippen MR) is 106 cm³/mol. The fourth-order valence-corrected chi connectivity index (χ4v) is 2.45. The quantitative estimate of drug-likeness (QED) is 0.509. The van der Waals surface area contributed by atoms with E-state index < -0.39 is 24.6 Å². The third-order valence-electron chi connectivity index (χ3n) is 3.96. The van der Waals surface area contributed by atoms with E-state index in [1.165, 1.54) is 39.3 Å². The van der Waals surface area contributed by atoms with E-state index in [9.17, 15) is 14.4 Å². The average molecular weight is 401 g/mol. The fraction of sp³-hybridized carbons (Fsp3) is 0.286. The number of aryl methyl sites for hydroxylation is 1. The molecule has 8 heteroatoms. The zero-order valence-electron chi connectivity index (χ0n) is 16.7. The van der Waals surface area contributed by atoms with Gasteiger partial charge < -0.3 is 24.3 Å². The van der Waals surface area contributed by atoms with Crippen LogP contribution in [-0.4, -0.2) is 45.1 Å². The molecule has 1 N–H and O–H groups in total. The van der Waals surface area contributed by atoms with E-state index >= 15 is 0 Å². The smallest absolute Gasteiger partial charge is 0.344 e. The lowest BCUT2D eigenvalue weighted by molar-refractivity contribution is -0.155. The van der Waals surface area contributed by atoms with E-state index in [0.717, 1.165) is 5.56 Å². The molecule has 0 bridgehead atoms. The summed E-state index contributed by atoms with van der Waals surface area (Å²) < 4.78 is 20.8. The number of hydrogen-bond acceptors (Lipinski definition) is 7. The summed E-state index contributed by atoms with van der Waals surface area (Å²) >= 11 is 0. The van der Waals surface area contributed by atoms with Crippen LogP contribution in [0.1, 0.15) is 22.8 Å². The lowest BCUT2D eigenvalue weighted by atomic mass is 10.2. The molecule has 0 heterocycles. The van der Waals surface area contributed by atoms with Crippen molar-refractivity contribution in [1.82, 2.24) is 0 Å². The van der Waals surface area contributed by atoms with Crippen molar-refractivity contribution in [3.05, 3.63) is 47.5 Å². The molecule has 0 aliphatic rings. The van der Waals surface area contributed by atoms with Gasteiger partial charge in [0, 0.05) is 5.56 Å². The van der Waals surface area contributed by atoms with Crippen molar-refractivity contribution in [3.8, 4) is 17.2 Å². The number of amides is 1. The maximum atomic E-state index is 12.3. The van der Waals surface area contributed by atoms with Crippen molar-refractivity contribution in [3.63, 3.8) is 0 Å². The minimum absolute atomic E-state index is 0.275. The number of nitrogens with one attached hydrogen (secondary N) is 1. The Labute approximate surface area is 168 Å². The van der Waals surface area contributed by atoms with Crippen LogP contribution in [-0.2, 0) is 14.3 Å². The Balaban J connectivity index is 1.93. The van der Waals surface area contributed by atoms with Crippen molar-refractivity contribution >= 4 is 23.9 Å². The Kier molecular flexibility index (Phi) is 7.59. The SMILES string of the molecule is COc1ccc(C)cc1NC(=O)[C@H](C)OC(=O)COc1ccc(C=O)cc1OC. The van der Waals surface area contributed by atoms with Crippen LogP contribution >= 0.6 is 0 Å². The lowest BCUT2D eigenvalue weighted by Gasteiger charge is -2.16. The highest BCUT2D eigenvalue weighted by Crippen LogP contribution is 2.28. The summed E-state index contributed by atoms with van der Waals surface area (Å²) in [6, 6.07) is 9.87. The molecule has 0 aromatic heterocycles. The van der Waals surface area contributed by atoms with E-state index in [2.05, 4.69) is 5.32 Å². The molecule has 0 radical (unpaired) electrons. The predicted octanol–water partition coefficient (Wildman–Crippen LogP) is 2.77. The van der Waals surface area contributed by atoms with E-state index in [1.54, 1.807) is 12.1 Å². The van der Waals surface area contributed by atoms with Crippen molar-refractivity contribution in [2.75, 3.05) is 26.1 Å². The summed E-state index contributed by atoms with van der Waals surface area (Å²) in [5.41, 5.74) is 1.83. The number of anilines is 1. The Hall–Kier alpha value is -3.55. The van der Waals surface area contributed by atoms with Crippen LogP contribution in [0.15, 0.2) is 36.4 Å². The van der Waals surface area contributed by atoms with Crippen molar-refractivity contribution < 1.29 is 33.3 Å². The second-order valence-corrected chi connectivity index (χ2v) is 6.14. The topological polar surface area (TPSA) is 100 Å². The molecular formula is C21H23NO7. The highest BCUT2D eigenvalue weighted by molar-refractivity contribution is 5.96. The second kappa shape index (κ2) is 10.1. The maximum absolute atomic E-state index is 12.3. The number of hydrogen-bond donors (Lipinski definition) is 1. The first-order valence-electron chi connectivity index (χ1n) is 8.79. The van der Waals surface area contributed by atoms with Gasteiger partial charge in [0.25, 0.3) is 5.91 Å². The van der Waals surface area contributed by atoms with Crippen LogP contribution in [0.3, 0.4) is 0 Å². The monoisotopic (exact) mass is 401 g/mol. The van der Waals surface area contributed by atoms with Gasteiger partial charge in [0.15, 0.2) is 24.2 Å². The molecular weight excluding hydrogens is 378 g/mol. The van der Waals surface area contributed by atoms with E-state index in [4.69, 9.17) is 18.9 Å². The number of benzene rings is 2. The molecule has 1 amide bonds. The molecule has 0 aliphatic carbocycles. The van der Waals surface area contributed by atoms with E-state index in [-0.39, 0.29) is 5.75 Å². The molecule has 0 spiro atoms. The van der Waals surface area contributed by atoms with Crippen LogP contribution in [0.5, 0.6) is 17.2 Å². The van der Waals surface area contributed by atoms with Gasteiger partial charge >= 0.3 is 5.97 Å². The molecule has 0 saturated heterocycles. The van der Waals surface area contributed by atoms with Gasteiger partial charge in [-0.2, -0.15) is 0 Å². The standard InChI is InChI=1S/C21H23NO7/c1-13-5-7-17(26-3)16(9-13)22-21(25)14(2)29-20(24)12-28-18-8-6-15(11-23)10-19(18)27-4/h5-11,14H,12H2,1-4H3,(H,22,25)/t14-/m0/s1. The molecule has 1 atom stereocenters. The summed E-state index contributed by atoms with van der Waals surface area (Å²) in [6.07, 6.45) is -0.375. The molecule has 2 aromatic carbocycles. The molecule has 0 saturated carbocycles. The Morgan fingerprint density at radius 2 is 1.72 bits per heavy atom. The van der Waals surface area contributed by atoms with Crippen LogP contribution in [0.2, 0.25) is 0 Å². The number of carbonyl (C=O) groups excluding carboxylic acids is 3. The van der Waals surface area contributed by atoms with Gasteiger partial charge in [-0.1, -0.05) is 6.07 Å². The summed E-state index contributed by atoms with van der Waals surface area (Å²) in [5, 5.41) is 2.68. The molecule has 2 aromatic rings. The number of aldehydes is 1. The third-order valence-corrected chi connectivity index (χ3v) is 3.96. The molecule has 0 unspecified atom stereocenters. The van der Waals surface area contributed by atoms with E-state index in [0.29, 0.717) is 29.0 Å². The second-order valence-electron chi connectivity index (χ2n) is 6.14. The van der Waals surface area contributed by atoms with Gasteiger partial charge in [0.2, 0.25) is 0 Å². The average Bonchev–Trinajstić information content (AvgIpc) is 2.72. The van der Waals surface area contributed by atoms with Crippen molar-refractivity contribution in [2.45, 2.75) is 20.0 Å². The zero-order valence-corrected chi connectivity index (χ0v) is 16.7. The van der Waals surface area contributed by atoms with Crippen LogP contribution in [0.25, 0.3) is 0 Å². The van der Waals surface area contributed by atoms with Gasteiger partial charge in [0.05, 0.1) is 19.9 Å². The molecule has 8 nitrogen and oxygen atoms in total. The third kappa shape index (κ3) is 5.97. The van der Waals surface area contributed by atoms with Gasteiger partial charge in [-0.3, -0.25) is 9.59 Å². The number of esters is 1. The molecule has 2 rings (SSSR count). The largest absolute Gasteiger partial charge is 0.495 e. The fourth-order valence-electron chi connectivity index (χ4n) is 2.45. The van der Waals surface area contributed by atoms with Gasteiger partial charge in [-0.25, -0.2) is 4.79 Å². The maximum Gasteiger partial charge on any atom is 0.344 e. The van der Waals surface area contributed by atoms with Crippen LogP contribution in [0.4, 0.5) is 5.69 Å². The van der Waals surface area contributed by atoms with E-state index in [1.807, 2.05) is 13.0 Å². The Bertz CT molecular complexity index is 895. The number of rotatable bonds is 9. The first-order valence-corrected chi connectivity index (χ1v) is 8.79. The van der Waals surface area contributed by atoms with Crippen molar-refractivity contribution in [1.29, 1.82) is 0 Å². The van der Waals surface area contributed by atoms with Crippen molar-refractivity contribution in [2.24, 2.45) is 0 Å². The van der Waals surface area contributed by atoms with Gasteiger partial charge in [0.1, 0.15) is 12.0 Å². The summed E-state index contributed by atoms with van der Waals surface area (Å²) in [5.74, 6) is -0.159. The highest BCUT2D eigenvalue weighted by Gasteiger charge is 2.20. The summed E-state index contributed by atoms with van der Waals surface area (Å²) in [7, 11) is 2.91. The number of carbonyl (C=O) groups is 3. The summed E-state index contributed by atoms with van der Waals surface area (Å²) in [4.78, 5) is 35.2. The minimum atomic E-state index is -1.05. The highest BCUT2D eigenvalue weighted by atomic mass is 16.6. The minimum Gasteiger partial charge on any atom is -0.495 e. The molecule has 29 heavy (non-hydrogen) atoms. The molecule has 0 aliphatic heterocycles. The van der Waals surface area contributed by atoms with Gasteiger partial charge in [-0.05, 0) is 49.7 Å². The Morgan fingerprint density at radius 3 is 2.38 bits per heavy atom.